The predicted octanol–water partition coefficient (Wildman–Crippen LogP) is 0.907. The molecule has 8 nitrogen and oxygen atoms in total. The third kappa shape index (κ3) is 1.97. The van der Waals surface area contributed by atoms with Crippen LogP contribution < -0.4 is 16.2 Å². The molecule has 0 bridgehead atoms. The number of nitrogens with two attached hydrogens (primary N) is 1. The minimum Gasteiger partial charge on any atom is -0.350 e. The van der Waals surface area contributed by atoms with E-state index in [1.807, 2.05) is 4.90 Å². The Hall–Kier alpha value is -1.96. The van der Waals surface area contributed by atoms with Gasteiger partial charge in [-0.1, -0.05) is 6.42 Å². The Balaban J connectivity index is 1.94. The monoisotopic (exact) mass is 264 g/mol. The van der Waals surface area contributed by atoms with Crippen LogP contribution in [0.25, 0.3) is 0 Å². The van der Waals surface area contributed by atoms with Crippen molar-refractivity contribution in [2.24, 2.45) is 17.7 Å². The van der Waals surface area contributed by atoms with E-state index in [4.69, 9.17) is 5.84 Å². The highest BCUT2D eigenvalue weighted by atomic mass is 16.6. The molecule has 102 valence electrons. The quantitative estimate of drug-likeness (QED) is 0.474. The first kappa shape index (κ1) is 12.1. The molecule has 1 saturated heterocycles. The lowest BCUT2D eigenvalue weighted by Crippen LogP contribution is -2.24. The fourth-order valence-corrected chi connectivity index (χ4v) is 3.28. The summed E-state index contributed by atoms with van der Waals surface area (Å²) < 4.78 is 0. The van der Waals surface area contributed by atoms with Gasteiger partial charge < -0.3 is 10.3 Å². The lowest BCUT2D eigenvalue weighted by Gasteiger charge is -2.18. The van der Waals surface area contributed by atoms with Gasteiger partial charge in [-0.15, -0.1) is 0 Å². The van der Waals surface area contributed by atoms with Crippen molar-refractivity contribution in [3.05, 3.63) is 16.4 Å². The van der Waals surface area contributed by atoms with Crippen LogP contribution in [-0.4, -0.2) is 28.0 Å². The molecule has 8 heteroatoms. The topological polar surface area (TPSA) is 110 Å². The van der Waals surface area contributed by atoms with Crippen LogP contribution in [0.1, 0.15) is 19.3 Å². The Morgan fingerprint density at radius 2 is 2.05 bits per heavy atom. The second-order valence-electron chi connectivity index (χ2n) is 5.15. The molecule has 0 radical (unpaired) electrons. The Labute approximate surface area is 110 Å². The zero-order valence-corrected chi connectivity index (χ0v) is 10.5. The largest absolute Gasteiger partial charge is 0.354 e. The molecule has 1 aliphatic carbocycles. The first-order chi connectivity index (χ1) is 9.20. The molecule has 19 heavy (non-hydrogen) atoms. The Kier molecular flexibility index (Phi) is 2.94. The second kappa shape index (κ2) is 4.61. The number of anilines is 2. The third-order valence-electron chi connectivity index (χ3n) is 4.15. The summed E-state index contributed by atoms with van der Waals surface area (Å²) in [6.07, 6.45) is 5.00. The van der Waals surface area contributed by atoms with Crippen LogP contribution >= 0.6 is 0 Å². The van der Waals surface area contributed by atoms with Crippen molar-refractivity contribution in [3.8, 4) is 0 Å². The summed E-state index contributed by atoms with van der Waals surface area (Å²) in [6.45, 7) is 1.68. The smallest absolute Gasteiger partial charge is 0.350 e. The van der Waals surface area contributed by atoms with Gasteiger partial charge in [-0.3, -0.25) is 10.1 Å². The van der Waals surface area contributed by atoms with E-state index in [1.165, 1.54) is 25.6 Å². The normalized spacial score (nSPS) is 25.4. The number of rotatable bonds is 3. The lowest BCUT2D eigenvalue weighted by atomic mass is 10.0. The molecule has 2 aliphatic rings. The van der Waals surface area contributed by atoms with Gasteiger partial charge in [0, 0.05) is 13.1 Å². The van der Waals surface area contributed by atoms with Gasteiger partial charge in [-0.25, -0.2) is 15.8 Å². The third-order valence-corrected chi connectivity index (χ3v) is 4.15. The zero-order chi connectivity index (χ0) is 13.4. The molecular formula is C11H16N6O2. The number of nitrogen functional groups attached to an aromatic ring is 1. The molecule has 0 amide bonds. The maximum Gasteiger partial charge on any atom is 0.354 e. The average Bonchev–Trinajstić information content (AvgIpc) is 2.98. The van der Waals surface area contributed by atoms with Crippen LogP contribution in [0.15, 0.2) is 6.33 Å². The van der Waals surface area contributed by atoms with Gasteiger partial charge in [0.15, 0.2) is 0 Å². The van der Waals surface area contributed by atoms with E-state index in [2.05, 4.69) is 15.4 Å². The Morgan fingerprint density at radius 3 is 2.63 bits per heavy atom. The molecule has 2 unspecified atom stereocenters. The molecular weight excluding hydrogens is 248 g/mol. The van der Waals surface area contributed by atoms with Crippen molar-refractivity contribution in [2.75, 3.05) is 23.4 Å². The molecule has 2 atom stereocenters. The molecule has 3 rings (SSSR count). The predicted molar refractivity (Wildman–Crippen MR) is 69.5 cm³/mol. The van der Waals surface area contributed by atoms with Gasteiger partial charge >= 0.3 is 5.69 Å². The van der Waals surface area contributed by atoms with Crippen LogP contribution in [0.3, 0.4) is 0 Å². The fourth-order valence-electron chi connectivity index (χ4n) is 3.28. The summed E-state index contributed by atoms with van der Waals surface area (Å²) in [5.41, 5.74) is 2.14. The summed E-state index contributed by atoms with van der Waals surface area (Å²) in [6, 6.07) is 0. The molecule has 1 aromatic heterocycles. The van der Waals surface area contributed by atoms with Crippen LogP contribution in [0, 0.1) is 22.0 Å². The highest BCUT2D eigenvalue weighted by Crippen LogP contribution is 2.42. The number of aromatic nitrogens is 2. The van der Waals surface area contributed by atoms with E-state index >= 15 is 0 Å². The van der Waals surface area contributed by atoms with E-state index in [0.717, 1.165) is 13.1 Å². The van der Waals surface area contributed by atoms with Crippen molar-refractivity contribution >= 4 is 17.3 Å². The minimum absolute atomic E-state index is 0.0621. The minimum atomic E-state index is -0.474. The van der Waals surface area contributed by atoms with Crippen LogP contribution in [-0.2, 0) is 0 Å². The van der Waals surface area contributed by atoms with Gasteiger partial charge in [0.05, 0.1) is 4.92 Å². The van der Waals surface area contributed by atoms with Gasteiger partial charge in [-0.05, 0) is 24.7 Å². The number of fused-ring (bicyclic) bond motifs is 1. The molecule has 3 N–H and O–H groups in total. The number of nitro groups is 1. The van der Waals surface area contributed by atoms with E-state index in [-0.39, 0.29) is 11.5 Å². The summed E-state index contributed by atoms with van der Waals surface area (Å²) in [7, 11) is 0. The number of hydrogen-bond donors (Lipinski definition) is 2. The van der Waals surface area contributed by atoms with Crippen molar-refractivity contribution < 1.29 is 4.92 Å². The van der Waals surface area contributed by atoms with Gasteiger partial charge in [0.2, 0.25) is 11.6 Å². The fraction of sp³-hybridized carbons (Fsp3) is 0.636. The standard InChI is InChI=1S/C11H16N6O2/c12-15-10-9(17(18)19)11(14-6-13-10)16-4-7-2-1-3-8(7)5-16/h6-8H,1-5,12H2,(H,13,14,15). The molecule has 2 heterocycles. The molecule has 2 fully saturated rings. The zero-order valence-electron chi connectivity index (χ0n) is 10.5. The number of hydrogen-bond acceptors (Lipinski definition) is 7. The van der Waals surface area contributed by atoms with Gasteiger partial charge in [-0.2, -0.15) is 0 Å². The first-order valence-corrected chi connectivity index (χ1v) is 6.41. The summed E-state index contributed by atoms with van der Waals surface area (Å²) in [5, 5.41) is 11.2. The summed E-state index contributed by atoms with van der Waals surface area (Å²) >= 11 is 0. The van der Waals surface area contributed by atoms with Gasteiger partial charge in [0.1, 0.15) is 6.33 Å². The van der Waals surface area contributed by atoms with E-state index in [9.17, 15) is 10.1 Å². The summed E-state index contributed by atoms with van der Waals surface area (Å²) in [5.74, 6) is 7.01. The molecule has 0 spiro atoms. The van der Waals surface area contributed by atoms with Crippen molar-refractivity contribution in [3.63, 3.8) is 0 Å². The number of nitrogens with one attached hydrogen (secondary N) is 1. The first-order valence-electron chi connectivity index (χ1n) is 6.41. The number of hydrazine groups is 1. The molecule has 1 saturated carbocycles. The highest BCUT2D eigenvalue weighted by molar-refractivity contribution is 5.70. The molecule has 1 aliphatic heterocycles. The lowest BCUT2D eigenvalue weighted by molar-refractivity contribution is -0.383. The van der Waals surface area contributed by atoms with Crippen LogP contribution in [0.4, 0.5) is 17.3 Å². The Morgan fingerprint density at radius 1 is 1.37 bits per heavy atom. The SMILES string of the molecule is NNc1ncnc(N2CC3CCCC3C2)c1[N+](=O)[O-]. The Bertz CT molecular complexity index is 496. The van der Waals surface area contributed by atoms with E-state index in [1.54, 1.807) is 0 Å². The van der Waals surface area contributed by atoms with Crippen LogP contribution in [0.5, 0.6) is 0 Å². The number of nitrogens with zero attached hydrogens (tertiary/aromatic N) is 4. The average molecular weight is 264 g/mol. The maximum absolute atomic E-state index is 11.2. The molecule has 0 aromatic carbocycles. The van der Waals surface area contributed by atoms with Crippen molar-refractivity contribution in [1.82, 2.24) is 9.97 Å². The summed E-state index contributed by atoms with van der Waals surface area (Å²) in [4.78, 5) is 20.6. The second-order valence-corrected chi connectivity index (χ2v) is 5.15. The highest BCUT2D eigenvalue weighted by Gasteiger charge is 2.39. The van der Waals surface area contributed by atoms with Gasteiger partial charge in [0.25, 0.3) is 0 Å². The molecule has 1 aromatic rings. The van der Waals surface area contributed by atoms with Crippen molar-refractivity contribution in [2.45, 2.75) is 19.3 Å². The maximum atomic E-state index is 11.2. The van der Waals surface area contributed by atoms with Crippen molar-refractivity contribution in [1.29, 1.82) is 0 Å². The van der Waals surface area contributed by atoms with Crippen LogP contribution in [0.2, 0.25) is 0 Å². The van der Waals surface area contributed by atoms with E-state index < -0.39 is 4.92 Å². The van der Waals surface area contributed by atoms with E-state index in [0.29, 0.717) is 17.7 Å².